The Kier molecular flexibility index (Phi) is 8.21. The molecule has 3 aromatic carbocycles. The third-order valence-corrected chi connectivity index (χ3v) is 9.70. The zero-order chi connectivity index (χ0) is 33.7. The summed E-state index contributed by atoms with van der Waals surface area (Å²) >= 11 is 0. The van der Waals surface area contributed by atoms with E-state index in [1.165, 1.54) is 23.1 Å². The number of phenols is 1. The SMILES string of the molecule is O=C1CCC(Nc2ccc(C3CCN(CC(=O)Nc4ccc5c(F)c(N6CC(=O)NS6(=O)=O)c(O)cc5c4)CC3(F)F)cc2)C(=O)N1. The lowest BCUT2D eigenvalue weighted by molar-refractivity contribution is -0.133. The lowest BCUT2D eigenvalue weighted by Gasteiger charge is -2.38. The molecule has 0 spiro atoms. The van der Waals surface area contributed by atoms with Crippen molar-refractivity contribution in [3.8, 4) is 5.75 Å². The fraction of sp³-hybridized carbons (Fsp3) is 0.333. The average Bonchev–Trinajstić information content (AvgIpc) is 3.25. The zero-order valence-electron chi connectivity index (χ0n) is 24.6. The molecule has 0 radical (unpaired) electrons. The summed E-state index contributed by atoms with van der Waals surface area (Å²) in [5, 5.41) is 18.3. The third-order valence-electron chi connectivity index (χ3n) is 8.32. The van der Waals surface area contributed by atoms with Gasteiger partial charge in [-0.15, -0.1) is 0 Å². The van der Waals surface area contributed by atoms with E-state index in [0.29, 0.717) is 22.0 Å². The van der Waals surface area contributed by atoms with E-state index in [9.17, 15) is 32.7 Å². The predicted molar refractivity (Wildman–Crippen MR) is 164 cm³/mol. The number of nitrogens with one attached hydrogen (secondary N) is 4. The number of piperidine rings is 2. The molecule has 3 aromatic rings. The van der Waals surface area contributed by atoms with Gasteiger partial charge in [-0.25, -0.2) is 22.2 Å². The van der Waals surface area contributed by atoms with Crippen LogP contribution in [0.15, 0.2) is 48.5 Å². The van der Waals surface area contributed by atoms with E-state index in [1.54, 1.807) is 29.0 Å². The number of anilines is 3. The Bertz CT molecular complexity index is 1910. The van der Waals surface area contributed by atoms with E-state index in [-0.39, 0.29) is 48.3 Å². The number of hydrogen-bond acceptors (Lipinski definition) is 9. The maximum absolute atomic E-state index is 15.3. The first-order chi connectivity index (χ1) is 22.2. The van der Waals surface area contributed by atoms with Crippen molar-refractivity contribution in [3.63, 3.8) is 0 Å². The summed E-state index contributed by atoms with van der Waals surface area (Å²) in [6.45, 7) is -1.52. The van der Waals surface area contributed by atoms with Crippen LogP contribution in [0.3, 0.4) is 0 Å². The van der Waals surface area contributed by atoms with E-state index < -0.39 is 76.2 Å². The fourth-order valence-corrected chi connectivity index (χ4v) is 7.27. The number of imide groups is 1. The van der Waals surface area contributed by atoms with Crippen LogP contribution in [0.1, 0.15) is 30.7 Å². The number of hydrogen-bond donors (Lipinski definition) is 5. The van der Waals surface area contributed by atoms with Gasteiger partial charge in [0.05, 0.1) is 19.0 Å². The number of aromatic hydroxyl groups is 1. The molecule has 3 aliphatic rings. The topological polar surface area (TPSA) is 177 Å². The first-order valence-corrected chi connectivity index (χ1v) is 16.0. The van der Waals surface area contributed by atoms with Crippen molar-refractivity contribution in [1.29, 1.82) is 0 Å². The molecule has 3 saturated heterocycles. The van der Waals surface area contributed by atoms with Crippen LogP contribution in [0.2, 0.25) is 0 Å². The predicted octanol–water partition coefficient (Wildman–Crippen LogP) is 2.15. The van der Waals surface area contributed by atoms with Gasteiger partial charge in [-0.3, -0.25) is 29.4 Å². The number of fused-ring (bicyclic) bond motifs is 1. The van der Waals surface area contributed by atoms with Gasteiger partial charge in [-0.05, 0) is 66.7 Å². The van der Waals surface area contributed by atoms with Crippen LogP contribution in [0.5, 0.6) is 5.75 Å². The number of likely N-dealkylation sites (tertiary alicyclic amines) is 1. The zero-order valence-corrected chi connectivity index (χ0v) is 25.4. The molecule has 4 amide bonds. The number of benzene rings is 3. The van der Waals surface area contributed by atoms with Crippen molar-refractivity contribution in [1.82, 2.24) is 14.9 Å². The van der Waals surface area contributed by atoms with E-state index in [1.807, 2.05) is 0 Å². The van der Waals surface area contributed by atoms with Gasteiger partial charge in [0.15, 0.2) is 5.82 Å². The van der Waals surface area contributed by atoms with Gasteiger partial charge >= 0.3 is 10.2 Å². The molecule has 5 N–H and O–H groups in total. The first-order valence-electron chi connectivity index (χ1n) is 14.6. The van der Waals surface area contributed by atoms with Crippen molar-refractivity contribution in [3.05, 3.63) is 59.9 Å². The highest BCUT2D eigenvalue weighted by Crippen LogP contribution is 2.41. The molecule has 47 heavy (non-hydrogen) atoms. The number of amides is 4. The minimum absolute atomic E-state index is 0.0743. The highest BCUT2D eigenvalue weighted by atomic mass is 32.2. The molecule has 17 heteroatoms. The third kappa shape index (κ3) is 6.53. The summed E-state index contributed by atoms with van der Waals surface area (Å²) in [6.07, 6.45) is 0.607. The number of nitrogens with zero attached hydrogens (tertiary/aromatic N) is 2. The normalized spacial score (nSPS) is 22.5. The van der Waals surface area contributed by atoms with Crippen LogP contribution in [-0.2, 0) is 29.4 Å². The van der Waals surface area contributed by atoms with Crippen LogP contribution in [0.4, 0.5) is 30.2 Å². The quantitative estimate of drug-likeness (QED) is 0.235. The molecule has 248 valence electrons. The molecule has 2 atom stereocenters. The molecule has 13 nitrogen and oxygen atoms in total. The van der Waals surface area contributed by atoms with Gasteiger partial charge in [0.2, 0.25) is 17.7 Å². The van der Waals surface area contributed by atoms with Crippen molar-refractivity contribution in [2.45, 2.75) is 37.1 Å². The minimum Gasteiger partial charge on any atom is -0.506 e. The maximum atomic E-state index is 15.3. The lowest BCUT2D eigenvalue weighted by Crippen LogP contribution is -2.49. The van der Waals surface area contributed by atoms with Gasteiger partial charge in [0.25, 0.3) is 11.8 Å². The van der Waals surface area contributed by atoms with E-state index in [4.69, 9.17) is 0 Å². The molecular formula is C30H29F3N6O7S. The minimum atomic E-state index is -4.38. The largest absolute Gasteiger partial charge is 0.506 e. The van der Waals surface area contributed by atoms with Gasteiger partial charge in [-0.2, -0.15) is 8.42 Å². The van der Waals surface area contributed by atoms with Crippen molar-refractivity contribution in [2.75, 3.05) is 41.1 Å². The summed E-state index contributed by atoms with van der Waals surface area (Å²) in [5.41, 5.74) is 0.457. The summed E-state index contributed by atoms with van der Waals surface area (Å²) in [7, 11) is -4.38. The van der Waals surface area contributed by atoms with Crippen LogP contribution in [0, 0.1) is 5.82 Å². The fourth-order valence-electron chi connectivity index (χ4n) is 6.10. The summed E-state index contributed by atoms with van der Waals surface area (Å²) in [4.78, 5) is 49.0. The standard InChI is InChI=1S/C30H29F3N6O7S/c31-27-20-6-5-19(11-17(20)12-23(40)28(27)39-14-26(43)37-47(39,45)46)35-25(42)13-38-10-9-21(30(32,33)15-38)16-1-3-18(4-2-16)34-22-7-8-24(41)36-29(22)44/h1-6,11-12,21-22,34,40H,7-10,13-15H2,(H,35,42)(H,37,43)(H,36,41,44). The van der Waals surface area contributed by atoms with Crippen molar-refractivity contribution >= 4 is 61.7 Å². The second-order valence-electron chi connectivity index (χ2n) is 11.7. The van der Waals surface area contributed by atoms with Gasteiger partial charge < -0.3 is 15.7 Å². The number of halogens is 3. The highest BCUT2D eigenvalue weighted by Gasteiger charge is 2.45. The van der Waals surface area contributed by atoms with Crippen molar-refractivity contribution < 1.29 is 45.9 Å². The average molecular weight is 675 g/mol. The maximum Gasteiger partial charge on any atom is 0.326 e. The van der Waals surface area contributed by atoms with Crippen LogP contribution < -0.4 is 25.0 Å². The Hall–Kier alpha value is -4.90. The molecule has 2 unspecified atom stereocenters. The van der Waals surface area contributed by atoms with E-state index >= 15 is 13.2 Å². The van der Waals surface area contributed by atoms with Crippen LogP contribution >= 0.6 is 0 Å². The Balaban J connectivity index is 1.07. The molecule has 6 rings (SSSR count). The molecule has 0 aromatic heterocycles. The Labute approximate surface area is 266 Å². The molecule has 0 aliphatic carbocycles. The Morgan fingerprint density at radius 1 is 1.02 bits per heavy atom. The second kappa shape index (κ2) is 12.0. The highest BCUT2D eigenvalue weighted by molar-refractivity contribution is 7.92. The van der Waals surface area contributed by atoms with E-state index in [2.05, 4.69) is 16.0 Å². The molecule has 0 bridgehead atoms. The van der Waals surface area contributed by atoms with E-state index in [0.717, 1.165) is 6.07 Å². The number of carbonyl (C=O) groups is 4. The lowest BCUT2D eigenvalue weighted by atomic mass is 9.86. The van der Waals surface area contributed by atoms with Gasteiger partial charge in [0, 0.05) is 23.2 Å². The van der Waals surface area contributed by atoms with Gasteiger partial charge in [0.1, 0.15) is 24.0 Å². The molecule has 3 fully saturated rings. The summed E-state index contributed by atoms with van der Waals surface area (Å²) in [6, 6.07) is 10.8. The summed E-state index contributed by atoms with van der Waals surface area (Å²) in [5.74, 6) is -8.36. The molecule has 3 heterocycles. The molecule has 0 saturated carbocycles. The molecule has 3 aliphatic heterocycles. The first kappa shape index (κ1) is 32.1. The van der Waals surface area contributed by atoms with Gasteiger partial charge in [-0.1, -0.05) is 12.1 Å². The van der Waals surface area contributed by atoms with Crippen LogP contribution in [-0.4, -0.2) is 80.2 Å². The monoisotopic (exact) mass is 674 g/mol. The summed E-state index contributed by atoms with van der Waals surface area (Å²) < 4.78 is 72.4. The smallest absolute Gasteiger partial charge is 0.326 e. The number of alkyl halides is 2. The number of phenolic OH excluding ortho intramolecular Hbond substituents is 1. The number of carbonyl (C=O) groups excluding carboxylic acids is 4. The second-order valence-corrected chi connectivity index (χ2v) is 13.3. The van der Waals surface area contributed by atoms with Crippen molar-refractivity contribution in [2.24, 2.45) is 0 Å². The Morgan fingerprint density at radius 3 is 2.40 bits per heavy atom. The Morgan fingerprint density at radius 2 is 1.74 bits per heavy atom. The molecular weight excluding hydrogens is 645 g/mol. The number of rotatable bonds is 7. The van der Waals surface area contributed by atoms with Crippen LogP contribution in [0.25, 0.3) is 10.8 Å².